The van der Waals surface area contributed by atoms with Crippen molar-refractivity contribution in [1.29, 1.82) is 0 Å². The van der Waals surface area contributed by atoms with Crippen LogP contribution >= 0.6 is 27.5 Å². The van der Waals surface area contributed by atoms with Crippen molar-refractivity contribution < 1.29 is 13.3 Å². The summed E-state index contributed by atoms with van der Waals surface area (Å²) in [6, 6.07) is 2.36. The fraction of sp³-hybridized carbons (Fsp3) is 0.455. The number of nitrogens with zero attached hydrogens (tertiary/aromatic N) is 1. The first-order valence-electron chi connectivity index (χ1n) is 5.44. The number of alkyl halides is 1. The summed E-state index contributed by atoms with van der Waals surface area (Å²) in [6.45, 7) is 3.58. The summed E-state index contributed by atoms with van der Waals surface area (Å²) in [6.07, 6.45) is 0. The molecule has 0 saturated carbocycles. The summed E-state index contributed by atoms with van der Waals surface area (Å²) in [5.74, 6) is -0.0663. The number of halogens is 2. The number of nitro benzene ring substituents is 1. The fourth-order valence-electron chi connectivity index (χ4n) is 1.65. The maximum atomic E-state index is 12.2. The molecular formula is C11H13BrClNO4S. The molecule has 0 heterocycles. The van der Waals surface area contributed by atoms with E-state index in [1.54, 1.807) is 13.8 Å². The lowest BCUT2D eigenvalue weighted by molar-refractivity contribution is -0.384. The van der Waals surface area contributed by atoms with Gasteiger partial charge in [-0.25, -0.2) is 8.42 Å². The lowest BCUT2D eigenvalue weighted by Crippen LogP contribution is -2.14. The van der Waals surface area contributed by atoms with E-state index in [9.17, 15) is 18.5 Å². The fourth-order valence-corrected chi connectivity index (χ4v) is 4.48. The molecule has 0 saturated heterocycles. The zero-order valence-electron chi connectivity index (χ0n) is 10.4. The molecule has 1 rings (SSSR count). The number of nitro groups is 1. The first kappa shape index (κ1) is 16.4. The van der Waals surface area contributed by atoms with Crippen LogP contribution in [0.2, 0.25) is 5.02 Å². The molecule has 106 valence electrons. The molecule has 0 atom stereocenters. The van der Waals surface area contributed by atoms with Crippen LogP contribution in [0.1, 0.15) is 19.4 Å². The second kappa shape index (κ2) is 6.19. The maximum Gasteiger partial charge on any atom is 0.288 e. The van der Waals surface area contributed by atoms with Crippen molar-refractivity contribution in [3.63, 3.8) is 0 Å². The Morgan fingerprint density at radius 2 is 2.00 bits per heavy atom. The van der Waals surface area contributed by atoms with Crippen molar-refractivity contribution in [1.82, 2.24) is 0 Å². The van der Waals surface area contributed by atoms with Gasteiger partial charge in [-0.1, -0.05) is 41.4 Å². The molecule has 0 unspecified atom stereocenters. The molecule has 0 aliphatic heterocycles. The summed E-state index contributed by atoms with van der Waals surface area (Å²) < 4.78 is 24.4. The van der Waals surface area contributed by atoms with E-state index in [2.05, 4.69) is 15.9 Å². The zero-order chi connectivity index (χ0) is 14.8. The Labute approximate surface area is 125 Å². The van der Waals surface area contributed by atoms with Gasteiger partial charge >= 0.3 is 0 Å². The lowest BCUT2D eigenvalue weighted by atomic mass is 10.2. The van der Waals surface area contributed by atoms with E-state index in [1.165, 1.54) is 6.07 Å². The van der Waals surface area contributed by atoms with Crippen molar-refractivity contribution >= 4 is 43.1 Å². The molecule has 1 aromatic carbocycles. The third-order valence-corrected chi connectivity index (χ3v) is 5.42. The van der Waals surface area contributed by atoms with E-state index >= 15 is 0 Å². The van der Waals surface area contributed by atoms with Crippen LogP contribution < -0.4 is 0 Å². The lowest BCUT2D eigenvalue weighted by Gasteiger charge is -2.11. The molecule has 0 radical (unpaired) electrons. The summed E-state index contributed by atoms with van der Waals surface area (Å²) >= 11 is 8.92. The van der Waals surface area contributed by atoms with Gasteiger partial charge in [0.2, 0.25) is 0 Å². The zero-order valence-corrected chi connectivity index (χ0v) is 13.5. The van der Waals surface area contributed by atoms with Gasteiger partial charge in [0.25, 0.3) is 5.69 Å². The van der Waals surface area contributed by atoms with Crippen LogP contribution in [-0.2, 0) is 15.2 Å². The summed E-state index contributed by atoms with van der Waals surface area (Å²) in [5, 5.41) is 10.8. The topological polar surface area (TPSA) is 77.3 Å². The molecular weight excluding hydrogens is 358 g/mol. The van der Waals surface area contributed by atoms with Gasteiger partial charge in [-0.3, -0.25) is 10.1 Å². The highest BCUT2D eigenvalue weighted by molar-refractivity contribution is 9.08. The molecule has 8 heteroatoms. The van der Waals surface area contributed by atoms with Gasteiger partial charge in [0.05, 0.1) is 15.6 Å². The molecule has 0 N–H and O–H groups in total. The van der Waals surface area contributed by atoms with Crippen LogP contribution in [0.25, 0.3) is 0 Å². The van der Waals surface area contributed by atoms with E-state index in [1.807, 2.05) is 0 Å². The van der Waals surface area contributed by atoms with Crippen molar-refractivity contribution in [2.75, 3.05) is 5.75 Å². The standard InChI is InChI=1S/C11H13BrClNO4S/c1-7(2)6-19(17,18)11-4-9(13)10(14(15)16)3-8(11)5-12/h3-4,7H,5-6H2,1-2H3. The predicted octanol–water partition coefficient (Wildman–Crippen LogP) is 3.57. The van der Waals surface area contributed by atoms with Gasteiger partial charge < -0.3 is 0 Å². The van der Waals surface area contributed by atoms with Crippen LogP contribution in [-0.4, -0.2) is 19.1 Å². The Balaban J connectivity index is 3.45. The minimum absolute atomic E-state index is 0.0266. The molecule has 0 aromatic heterocycles. The molecule has 0 amide bonds. The normalized spacial score (nSPS) is 11.8. The quantitative estimate of drug-likeness (QED) is 0.451. The molecule has 1 aromatic rings. The van der Waals surface area contributed by atoms with Crippen molar-refractivity contribution in [3.8, 4) is 0 Å². The van der Waals surface area contributed by atoms with Crippen LogP contribution in [0.3, 0.4) is 0 Å². The Morgan fingerprint density at radius 3 is 2.42 bits per heavy atom. The maximum absolute atomic E-state index is 12.2. The molecule has 0 fully saturated rings. The number of rotatable bonds is 5. The highest BCUT2D eigenvalue weighted by Gasteiger charge is 2.24. The SMILES string of the molecule is CC(C)CS(=O)(=O)c1cc(Cl)c([N+](=O)[O-])cc1CBr. The highest BCUT2D eigenvalue weighted by atomic mass is 79.9. The Morgan fingerprint density at radius 1 is 1.42 bits per heavy atom. The van der Waals surface area contributed by atoms with Crippen LogP contribution in [0.15, 0.2) is 17.0 Å². The van der Waals surface area contributed by atoms with Gasteiger partial charge in [0.15, 0.2) is 9.84 Å². The second-order valence-corrected chi connectivity index (χ2v) is 7.45. The Bertz CT molecular complexity index is 601. The van der Waals surface area contributed by atoms with E-state index < -0.39 is 14.8 Å². The average Bonchev–Trinajstić information content (AvgIpc) is 2.26. The third-order valence-electron chi connectivity index (χ3n) is 2.36. The number of hydrogen-bond donors (Lipinski definition) is 0. The van der Waals surface area contributed by atoms with Crippen molar-refractivity contribution in [2.45, 2.75) is 24.1 Å². The molecule has 19 heavy (non-hydrogen) atoms. The largest absolute Gasteiger partial charge is 0.288 e. The Kier molecular flexibility index (Phi) is 5.34. The van der Waals surface area contributed by atoms with Gasteiger partial charge in [-0.05, 0) is 17.5 Å². The van der Waals surface area contributed by atoms with E-state index in [4.69, 9.17) is 11.6 Å². The Hall–Kier alpha value is -0.660. The first-order valence-corrected chi connectivity index (χ1v) is 8.59. The van der Waals surface area contributed by atoms with E-state index in [0.717, 1.165) is 6.07 Å². The van der Waals surface area contributed by atoms with Crippen molar-refractivity contribution in [2.24, 2.45) is 5.92 Å². The molecule has 5 nitrogen and oxygen atoms in total. The summed E-state index contributed by atoms with van der Waals surface area (Å²) in [5.41, 5.74) is 0.0522. The highest BCUT2D eigenvalue weighted by Crippen LogP contribution is 2.32. The second-order valence-electron chi connectivity index (χ2n) is 4.48. The van der Waals surface area contributed by atoms with Gasteiger partial charge in [0, 0.05) is 11.4 Å². The number of hydrogen-bond acceptors (Lipinski definition) is 4. The first-order chi connectivity index (χ1) is 8.69. The number of sulfone groups is 1. The molecule has 0 aliphatic carbocycles. The summed E-state index contributed by atoms with van der Waals surface area (Å²) in [4.78, 5) is 10.2. The molecule has 0 aliphatic rings. The van der Waals surface area contributed by atoms with Crippen LogP contribution in [0.5, 0.6) is 0 Å². The minimum atomic E-state index is -3.50. The van der Waals surface area contributed by atoms with E-state index in [-0.39, 0.29) is 32.6 Å². The van der Waals surface area contributed by atoms with Crippen LogP contribution in [0, 0.1) is 16.0 Å². The monoisotopic (exact) mass is 369 g/mol. The third kappa shape index (κ3) is 3.90. The molecule has 0 spiro atoms. The molecule has 0 bridgehead atoms. The van der Waals surface area contributed by atoms with Gasteiger partial charge in [-0.15, -0.1) is 0 Å². The number of benzene rings is 1. The van der Waals surface area contributed by atoms with Crippen LogP contribution in [0.4, 0.5) is 5.69 Å². The van der Waals surface area contributed by atoms with Gasteiger partial charge in [0.1, 0.15) is 5.02 Å². The van der Waals surface area contributed by atoms with Crippen molar-refractivity contribution in [3.05, 3.63) is 32.8 Å². The smallest absolute Gasteiger partial charge is 0.258 e. The average molecular weight is 371 g/mol. The minimum Gasteiger partial charge on any atom is -0.258 e. The van der Waals surface area contributed by atoms with E-state index in [0.29, 0.717) is 5.56 Å². The van der Waals surface area contributed by atoms with Gasteiger partial charge in [-0.2, -0.15) is 0 Å². The predicted molar refractivity (Wildman–Crippen MR) is 77.6 cm³/mol. The summed E-state index contributed by atoms with van der Waals surface area (Å²) in [7, 11) is -3.50.